The summed E-state index contributed by atoms with van der Waals surface area (Å²) < 4.78 is 0. The molecular formula is C27H38N2O2S. The highest BCUT2D eigenvalue weighted by atomic mass is 32.2. The van der Waals surface area contributed by atoms with Crippen LogP contribution in [0.1, 0.15) is 58.2 Å². The molecule has 3 rings (SSSR count). The quantitative estimate of drug-likeness (QED) is 0.613. The number of piperazine rings is 1. The van der Waals surface area contributed by atoms with Crippen LogP contribution in [-0.4, -0.2) is 52.7 Å². The van der Waals surface area contributed by atoms with Crippen molar-refractivity contribution in [1.82, 2.24) is 9.80 Å². The topological polar surface area (TPSA) is 43.8 Å². The number of nitrogens with zero attached hydrogens (tertiary/aromatic N) is 2. The van der Waals surface area contributed by atoms with E-state index in [0.717, 1.165) is 48.7 Å². The molecule has 1 aliphatic rings. The maximum atomic E-state index is 12.9. The summed E-state index contributed by atoms with van der Waals surface area (Å²) in [5.41, 5.74) is 2.86. The second-order valence-electron chi connectivity index (χ2n) is 10.8. The fraction of sp³-hybridized carbons (Fsp3) is 0.519. The summed E-state index contributed by atoms with van der Waals surface area (Å²) in [6, 6.07) is 14.6. The third kappa shape index (κ3) is 6.29. The van der Waals surface area contributed by atoms with Gasteiger partial charge >= 0.3 is 0 Å². The van der Waals surface area contributed by atoms with E-state index in [9.17, 15) is 9.90 Å². The highest BCUT2D eigenvalue weighted by molar-refractivity contribution is 8.00. The second kappa shape index (κ2) is 9.88. The zero-order chi connectivity index (χ0) is 23.5. The lowest BCUT2D eigenvalue weighted by molar-refractivity contribution is -0.130. The first kappa shape index (κ1) is 24.7. The van der Waals surface area contributed by atoms with Crippen LogP contribution in [0.25, 0.3) is 0 Å². The number of hydrogen-bond donors (Lipinski definition) is 1. The maximum absolute atomic E-state index is 12.9. The maximum Gasteiger partial charge on any atom is 0.233 e. The van der Waals surface area contributed by atoms with E-state index in [4.69, 9.17) is 0 Å². The van der Waals surface area contributed by atoms with Gasteiger partial charge in [0.2, 0.25) is 5.91 Å². The molecule has 1 amide bonds. The van der Waals surface area contributed by atoms with Gasteiger partial charge in [0.25, 0.3) is 0 Å². The Bertz CT molecular complexity index is 886. The van der Waals surface area contributed by atoms with Crippen LogP contribution < -0.4 is 0 Å². The van der Waals surface area contributed by atoms with Crippen molar-refractivity contribution in [3.63, 3.8) is 0 Å². The zero-order valence-electron chi connectivity index (χ0n) is 20.4. The van der Waals surface area contributed by atoms with Crippen LogP contribution in [0.5, 0.6) is 5.75 Å². The first-order valence-electron chi connectivity index (χ1n) is 11.5. The lowest BCUT2D eigenvalue weighted by Crippen LogP contribution is -2.48. The van der Waals surface area contributed by atoms with Crippen molar-refractivity contribution >= 4 is 17.7 Å². The van der Waals surface area contributed by atoms with Crippen LogP contribution in [0.2, 0.25) is 0 Å². The van der Waals surface area contributed by atoms with Crippen molar-refractivity contribution in [2.45, 2.75) is 63.8 Å². The first-order valence-corrected chi connectivity index (χ1v) is 12.5. The summed E-state index contributed by atoms with van der Waals surface area (Å²) in [5, 5.41) is 10.9. The van der Waals surface area contributed by atoms with Gasteiger partial charge in [0.1, 0.15) is 5.75 Å². The van der Waals surface area contributed by atoms with Gasteiger partial charge in [0.05, 0.1) is 5.75 Å². The standard InChI is InChI=1S/C27H38N2O2S/c1-26(2,3)22-16-21(17-23(25(22)31)27(4,5)6)32-19-24(30)29-14-12-28(13-15-29)18-20-10-8-7-9-11-20/h7-11,16-17,31H,12-15,18-19H2,1-6H3. The lowest BCUT2D eigenvalue weighted by Gasteiger charge is -2.34. The Morgan fingerprint density at radius 2 is 1.44 bits per heavy atom. The molecule has 0 aromatic heterocycles. The number of carbonyl (C=O) groups is 1. The van der Waals surface area contributed by atoms with E-state index in [1.54, 1.807) is 11.8 Å². The molecule has 0 saturated carbocycles. The molecule has 5 heteroatoms. The van der Waals surface area contributed by atoms with Crippen LogP contribution in [0.15, 0.2) is 47.4 Å². The third-order valence-electron chi connectivity index (χ3n) is 6.04. The molecule has 32 heavy (non-hydrogen) atoms. The van der Waals surface area contributed by atoms with Crippen molar-refractivity contribution in [2.24, 2.45) is 0 Å². The molecule has 0 radical (unpaired) electrons. The van der Waals surface area contributed by atoms with Crippen LogP contribution in [0, 0.1) is 0 Å². The molecule has 1 aliphatic heterocycles. The van der Waals surface area contributed by atoms with E-state index in [2.05, 4.69) is 82.8 Å². The number of rotatable bonds is 5. The summed E-state index contributed by atoms with van der Waals surface area (Å²) in [7, 11) is 0. The average molecular weight is 455 g/mol. The van der Waals surface area contributed by atoms with Gasteiger partial charge in [-0.1, -0.05) is 71.9 Å². The minimum absolute atomic E-state index is 0.167. The summed E-state index contributed by atoms with van der Waals surface area (Å²) in [4.78, 5) is 18.4. The van der Waals surface area contributed by atoms with Crippen LogP contribution in [0.4, 0.5) is 0 Å². The van der Waals surface area contributed by atoms with Gasteiger partial charge < -0.3 is 10.0 Å². The Kier molecular flexibility index (Phi) is 7.61. The monoisotopic (exact) mass is 454 g/mol. The Balaban J connectivity index is 1.61. The van der Waals surface area contributed by atoms with Gasteiger partial charge in [-0.05, 0) is 28.5 Å². The molecule has 0 bridgehead atoms. The number of thioether (sulfide) groups is 1. The van der Waals surface area contributed by atoms with E-state index in [1.165, 1.54) is 5.56 Å². The predicted molar refractivity (Wildman–Crippen MR) is 135 cm³/mol. The molecule has 0 atom stereocenters. The van der Waals surface area contributed by atoms with Crippen molar-refractivity contribution in [3.05, 3.63) is 59.2 Å². The second-order valence-corrected chi connectivity index (χ2v) is 11.8. The molecule has 0 unspecified atom stereocenters. The van der Waals surface area contributed by atoms with Gasteiger partial charge in [-0.15, -0.1) is 11.8 Å². The summed E-state index contributed by atoms with van der Waals surface area (Å²) in [6.45, 7) is 17.0. The minimum Gasteiger partial charge on any atom is -0.507 e. The predicted octanol–water partition coefficient (Wildman–Crippen LogP) is 5.42. The minimum atomic E-state index is -0.167. The molecule has 174 valence electrons. The van der Waals surface area contributed by atoms with E-state index < -0.39 is 0 Å². The number of carbonyl (C=O) groups excluding carboxylic acids is 1. The summed E-state index contributed by atoms with van der Waals surface area (Å²) in [5.74, 6) is 1.00. The molecule has 4 nitrogen and oxygen atoms in total. The number of aromatic hydroxyl groups is 1. The third-order valence-corrected chi connectivity index (χ3v) is 7.00. The Labute approximate surface area is 198 Å². The highest BCUT2D eigenvalue weighted by Gasteiger charge is 2.27. The van der Waals surface area contributed by atoms with Crippen LogP contribution >= 0.6 is 11.8 Å². The lowest BCUT2D eigenvalue weighted by atomic mass is 9.79. The van der Waals surface area contributed by atoms with E-state index in [1.807, 2.05) is 11.0 Å². The number of phenolic OH excluding ortho intramolecular Hbond substituents is 1. The van der Waals surface area contributed by atoms with Crippen LogP contribution in [-0.2, 0) is 22.2 Å². The molecule has 1 fully saturated rings. The Morgan fingerprint density at radius 3 is 1.94 bits per heavy atom. The smallest absolute Gasteiger partial charge is 0.233 e. The Hall–Kier alpha value is -1.98. The molecule has 2 aromatic carbocycles. The van der Waals surface area contributed by atoms with Crippen molar-refractivity contribution in [3.8, 4) is 5.75 Å². The molecular weight excluding hydrogens is 416 g/mol. The number of hydrogen-bond acceptors (Lipinski definition) is 4. The van der Waals surface area contributed by atoms with Crippen molar-refractivity contribution < 1.29 is 9.90 Å². The van der Waals surface area contributed by atoms with Gasteiger partial charge in [-0.25, -0.2) is 0 Å². The molecule has 2 aromatic rings. The van der Waals surface area contributed by atoms with Crippen LogP contribution in [0.3, 0.4) is 0 Å². The summed E-state index contributed by atoms with van der Waals surface area (Å²) in [6.07, 6.45) is 0. The van der Waals surface area contributed by atoms with Crippen molar-refractivity contribution in [1.29, 1.82) is 0 Å². The zero-order valence-corrected chi connectivity index (χ0v) is 21.3. The number of phenols is 1. The molecule has 0 aliphatic carbocycles. The first-order chi connectivity index (χ1) is 14.9. The fourth-order valence-electron chi connectivity index (χ4n) is 4.07. The molecule has 1 saturated heterocycles. The Morgan fingerprint density at radius 1 is 0.906 bits per heavy atom. The van der Waals surface area contributed by atoms with Gasteiger partial charge in [-0.3, -0.25) is 9.69 Å². The summed E-state index contributed by atoms with van der Waals surface area (Å²) >= 11 is 1.58. The fourth-order valence-corrected chi connectivity index (χ4v) is 4.94. The highest BCUT2D eigenvalue weighted by Crippen LogP contribution is 2.41. The van der Waals surface area contributed by atoms with Gasteiger partial charge in [0.15, 0.2) is 0 Å². The van der Waals surface area contributed by atoms with Gasteiger partial charge in [0, 0.05) is 48.7 Å². The van der Waals surface area contributed by atoms with E-state index in [0.29, 0.717) is 11.5 Å². The van der Waals surface area contributed by atoms with Crippen molar-refractivity contribution in [2.75, 3.05) is 31.9 Å². The van der Waals surface area contributed by atoms with E-state index in [-0.39, 0.29) is 16.7 Å². The van der Waals surface area contributed by atoms with E-state index >= 15 is 0 Å². The molecule has 1 heterocycles. The molecule has 1 N–H and O–H groups in total. The largest absolute Gasteiger partial charge is 0.507 e. The number of amides is 1. The molecule has 0 spiro atoms. The SMILES string of the molecule is CC(C)(C)c1cc(SCC(=O)N2CCN(Cc3ccccc3)CC2)cc(C(C)(C)C)c1O. The average Bonchev–Trinajstić information content (AvgIpc) is 2.72. The number of benzene rings is 2. The normalized spacial score (nSPS) is 15.8. The van der Waals surface area contributed by atoms with Gasteiger partial charge in [-0.2, -0.15) is 0 Å².